The van der Waals surface area contributed by atoms with Crippen molar-refractivity contribution in [2.45, 2.75) is 32.0 Å². The van der Waals surface area contributed by atoms with E-state index in [1.54, 1.807) is 42.6 Å². The average molecular weight is 495 g/mol. The van der Waals surface area contributed by atoms with E-state index in [1.165, 1.54) is 24.2 Å². The van der Waals surface area contributed by atoms with Crippen molar-refractivity contribution in [1.29, 1.82) is 0 Å². The van der Waals surface area contributed by atoms with Crippen molar-refractivity contribution in [1.82, 2.24) is 20.6 Å². The Balaban J connectivity index is 1.34. The molecule has 0 radical (unpaired) electrons. The van der Waals surface area contributed by atoms with Gasteiger partial charge in [-0.1, -0.05) is 24.3 Å². The van der Waals surface area contributed by atoms with Crippen LogP contribution in [-0.2, 0) is 27.3 Å². The molecule has 11 heteroatoms. The number of anilines is 1. The number of cyclic esters (lactones) is 1. The van der Waals surface area contributed by atoms with Crippen molar-refractivity contribution in [2.24, 2.45) is 5.73 Å². The molecule has 2 heterocycles. The topological polar surface area (TPSA) is 142 Å². The Morgan fingerprint density at radius 3 is 2.69 bits per heavy atom. The number of imidazole rings is 1. The van der Waals surface area contributed by atoms with Crippen LogP contribution in [0.25, 0.3) is 11.1 Å². The van der Waals surface area contributed by atoms with E-state index in [-0.39, 0.29) is 31.4 Å². The molecule has 1 aliphatic heterocycles. The molecule has 1 aliphatic rings. The first-order chi connectivity index (χ1) is 17.3. The van der Waals surface area contributed by atoms with Crippen molar-refractivity contribution in [3.05, 3.63) is 72.1 Å². The lowest BCUT2D eigenvalue weighted by Gasteiger charge is -2.15. The maximum absolute atomic E-state index is 15.0. The summed E-state index contributed by atoms with van der Waals surface area (Å²) in [6, 6.07) is 11.0. The van der Waals surface area contributed by atoms with Crippen molar-refractivity contribution in [3.8, 4) is 11.1 Å². The Kier molecular flexibility index (Phi) is 7.59. The number of hydrogen-bond donors (Lipinski definition) is 4. The summed E-state index contributed by atoms with van der Waals surface area (Å²) in [4.78, 5) is 43.7. The van der Waals surface area contributed by atoms with Crippen LogP contribution >= 0.6 is 0 Å². The summed E-state index contributed by atoms with van der Waals surface area (Å²) in [6.07, 6.45) is 2.42. The summed E-state index contributed by atoms with van der Waals surface area (Å²) in [5, 5.41) is 5.40. The van der Waals surface area contributed by atoms with Gasteiger partial charge in [-0.2, -0.15) is 0 Å². The predicted molar refractivity (Wildman–Crippen MR) is 130 cm³/mol. The SMILES string of the molecule is CC(=O)NC[C@H]1CN(c2ccc(-c3ccc(CNC(=O)[C@H](N)Cc4cnc[nH]4)cc3)c(F)c2)C(=O)O1. The molecule has 188 valence electrons. The molecule has 0 saturated carbocycles. The lowest BCUT2D eigenvalue weighted by atomic mass is 10.0. The van der Waals surface area contributed by atoms with Crippen LogP contribution in [0.15, 0.2) is 55.0 Å². The van der Waals surface area contributed by atoms with E-state index in [0.717, 1.165) is 11.3 Å². The van der Waals surface area contributed by atoms with Crippen molar-refractivity contribution >= 4 is 23.6 Å². The minimum atomic E-state index is -0.703. The Labute approximate surface area is 207 Å². The molecular weight excluding hydrogens is 467 g/mol. The fourth-order valence-electron chi connectivity index (χ4n) is 3.85. The van der Waals surface area contributed by atoms with Crippen LogP contribution in [0.4, 0.5) is 14.9 Å². The molecule has 2 aromatic carbocycles. The molecule has 0 bridgehead atoms. The summed E-state index contributed by atoms with van der Waals surface area (Å²) < 4.78 is 20.2. The van der Waals surface area contributed by atoms with E-state index in [4.69, 9.17) is 10.5 Å². The third-order valence-electron chi connectivity index (χ3n) is 5.78. The number of benzene rings is 2. The van der Waals surface area contributed by atoms with E-state index in [0.29, 0.717) is 23.2 Å². The first kappa shape index (κ1) is 24.9. The van der Waals surface area contributed by atoms with Gasteiger partial charge in [-0.25, -0.2) is 14.2 Å². The Morgan fingerprint density at radius 2 is 2.03 bits per heavy atom. The molecule has 3 amide bonds. The Morgan fingerprint density at radius 1 is 1.25 bits per heavy atom. The van der Waals surface area contributed by atoms with Crippen LogP contribution in [0.3, 0.4) is 0 Å². The third-order valence-corrected chi connectivity index (χ3v) is 5.78. The minimum Gasteiger partial charge on any atom is -0.442 e. The molecule has 0 unspecified atom stereocenters. The van der Waals surface area contributed by atoms with Gasteiger partial charge in [0.25, 0.3) is 0 Å². The largest absolute Gasteiger partial charge is 0.442 e. The second-order valence-electron chi connectivity index (χ2n) is 8.52. The van der Waals surface area contributed by atoms with Gasteiger partial charge in [0, 0.05) is 37.3 Å². The predicted octanol–water partition coefficient (Wildman–Crippen LogP) is 1.86. The smallest absolute Gasteiger partial charge is 0.414 e. The van der Waals surface area contributed by atoms with Gasteiger partial charge < -0.3 is 26.1 Å². The maximum atomic E-state index is 15.0. The molecule has 2 atom stereocenters. The summed E-state index contributed by atoms with van der Waals surface area (Å²) in [5.41, 5.74) is 8.95. The van der Waals surface area contributed by atoms with Gasteiger partial charge in [-0.05, 0) is 29.3 Å². The lowest BCUT2D eigenvalue weighted by Crippen LogP contribution is -2.41. The number of H-pyrrole nitrogens is 1. The molecule has 0 spiro atoms. The molecule has 0 aliphatic carbocycles. The zero-order chi connectivity index (χ0) is 25.7. The van der Waals surface area contributed by atoms with Crippen LogP contribution in [0.1, 0.15) is 18.2 Å². The first-order valence-corrected chi connectivity index (χ1v) is 11.4. The molecule has 1 fully saturated rings. The van der Waals surface area contributed by atoms with Crippen molar-refractivity contribution in [3.63, 3.8) is 0 Å². The highest BCUT2D eigenvalue weighted by atomic mass is 19.1. The third kappa shape index (κ3) is 6.05. The van der Waals surface area contributed by atoms with Crippen LogP contribution < -0.4 is 21.3 Å². The zero-order valence-corrected chi connectivity index (χ0v) is 19.7. The van der Waals surface area contributed by atoms with Gasteiger partial charge in [0.2, 0.25) is 11.8 Å². The van der Waals surface area contributed by atoms with Crippen molar-refractivity contribution in [2.75, 3.05) is 18.0 Å². The number of nitrogens with two attached hydrogens (primary N) is 1. The van der Waals surface area contributed by atoms with Crippen LogP contribution in [0, 0.1) is 5.82 Å². The fraction of sp³-hybridized carbons (Fsp3) is 0.280. The highest BCUT2D eigenvalue weighted by molar-refractivity contribution is 5.90. The second-order valence-corrected chi connectivity index (χ2v) is 8.52. The van der Waals surface area contributed by atoms with Crippen LogP contribution in [-0.4, -0.2) is 53.1 Å². The van der Waals surface area contributed by atoms with Crippen LogP contribution in [0.2, 0.25) is 0 Å². The summed E-state index contributed by atoms with van der Waals surface area (Å²) >= 11 is 0. The Hall–Kier alpha value is -4.25. The van der Waals surface area contributed by atoms with E-state index in [9.17, 15) is 18.8 Å². The number of aromatic nitrogens is 2. The lowest BCUT2D eigenvalue weighted by molar-refractivity contribution is -0.122. The number of nitrogens with one attached hydrogen (secondary N) is 3. The number of carbonyl (C=O) groups excluding carboxylic acids is 3. The number of nitrogens with zero attached hydrogens (tertiary/aromatic N) is 2. The molecule has 10 nitrogen and oxygen atoms in total. The molecule has 1 saturated heterocycles. The molecule has 1 aromatic heterocycles. The number of aromatic amines is 1. The quantitative estimate of drug-likeness (QED) is 0.358. The molecule has 36 heavy (non-hydrogen) atoms. The Bertz CT molecular complexity index is 1230. The zero-order valence-electron chi connectivity index (χ0n) is 19.7. The van der Waals surface area contributed by atoms with E-state index in [1.807, 2.05) is 0 Å². The molecular formula is C25H27FN6O4. The highest BCUT2D eigenvalue weighted by Crippen LogP contribution is 2.29. The average Bonchev–Trinajstić information content (AvgIpc) is 3.51. The normalized spacial score (nSPS) is 15.9. The fourth-order valence-corrected chi connectivity index (χ4v) is 3.85. The minimum absolute atomic E-state index is 0.196. The maximum Gasteiger partial charge on any atom is 0.414 e. The van der Waals surface area contributed by atoms with Gasteiger partial charge in [0.05, 0.1) is 31.1 Å². The molecule has 4 rings (SSSR count). The number of ether oxygens (including phenoxy) is 1. The molecule has 3 aromatic rings. The summed E-state index contributed by atoms with van der Waals surface area (Å²) in [5.74, 6) is -0.992. The first-order valence-electron chi connectivity index (χ1n) is 11.4. The van der Waals surface area contributed by atoms with Gasteiger partial charge in [-0.15, -0.1) is 0 Å². The van der Waals surface area contributed by atoms with Gasteiger partial charge in [0.15, 0.2) is 0 Å². The highest BCUT2D eigenvalue weighted by Gasteiger charge is 2.32. The number of hydrogen-bond acceptors (Lipinski definition) is 6. The van der Waals surface area contributed by atoms with E-state index in [2.05, 4.69) is 20.6 Å². The molecule has 5 N–H and O–H groups in total. The number of carbonyl (C=O) groups is 3. The monoisotopic (exact) mass is 494 g/mol. The number of amides is 3. The summed E-state index contributed by atoms with van der Waals surface area (Å²) in [7, 11) is 0. The van der Waals surface area contributed by atoms with Crippen LogP contribution in [0.5, 0.6) is 0 Å². The number of rotatable bonds is 9. The van der Waals surface area contributed by atoms with Gasteiger partial charge >= 0.3 is 6.09 Å². The van der Waals surface area contributed by atoms with Crippen molar-refractivity contribution < 1.29 is 23.5 Å². The summed E-state index contributed by atoms with van der Waals surface area (Å²) in [6.45, 7) is 2.07. The standard InChI is InChI=1S/C25H27FN6O4/c1-15(33)29-12-20-13-32(25(35)36-20)19-6-7-21(22(26)9-19)17-4-2-16(3-5-17)10-30-24(34)23(27)8-18-11-28-14-31-18/h2-7,9,11,14,20,23H,8,10,12-13,27H2,1H3,(H,28,31)(H,29,33)(H,30,34)/t20-,23+/m0/s1. The second kappa shape index (κ2) is 11.0. The number of halogens is 1. The van der Waals surface area contributed by atoms with Gasteiger partial charge in [0.1, 0.15) is 11.9 Å². The van der Waals surface area contributed by atoms with E-state index >= 15 is 0 Å². The van der Waals surface area contributed by atoms with Gasteiger partial charge in [-0.3, -0.25) is 14.5 Å². The van der Waals surface area contributed by atoms with E-state index < -0.39 is 24.1 Å².